The van der Waals surface area contributed by atoms with E-state index in [1.807, 2.05) is 0 Å². The molecular weight excluding hydrogens is 250 g/mol. The van der Waals surface area contributed by atoms with E-state index in [0.717, 1.165) is 16.4 Å². The number of carbonyl (C=O) groups is 1. The molecule has 94 valence electrons. The standard InChI is InChI=1S/C9H11NO6S/c1-9(13)4-10(5-9)17(14,15)7-3-2-6(16-7)8(11)12/h2-3,13H,4-5H2,1H3,(H,11,12). The number of carboxylic acids is 1. The van der Waals surface area contributed by atoms with E-state index in [9.17, 15) is 18.3 Å². The maximum absolute atomic E-state index is 11.9. The van der Waals surface area contributed by atoms with E-state index in [2.05, 4.69) is 0 Å². The summed E-state index contributed by atoms with van der Waals surface area (Å²) in [5, 5.41) is 17.6. The van der Waals surface area contributed by atoms with Crippen molar-refractivity contribution in [3.8, 4) is 0 Å². The number of hydrogen-bond acceptors (Lipinski definition) is 5. The van der Waals surface area contributed by atoms with Crippen LogP contribution in [0, 0.1) is 0 Å². The van der Waals surface area contributed by atoms with Crippen molar-refractivity contribution in [2.45, 2.75) is 17.6 Å². The lowest BCUT2D eigenvalue weighted by Crippen LogP contribution is -2.61. The SMILES string of the molecule is CC1(O)CN(S(=O)(=O)c2ccc(C(=O)O)o2)C1. The quantitative estimate of drug-likeness (QED) is 0.775. The van der Waals surface area contributed by atoms with E-state index in [0.29, 0.717) is 0 Å². The van der Waals surface area contributed by atoms with Crippen LogP contribution in [0.5, 0.6) is 0 Å². The molecule has 7 nitrogen and oxygen atoms in total. The van der Waals surface area contributed by atoms with Crippen LogP contribution in [0.15, 0.2) is 21.6 Å². The van der Waals surface area contributed by atoms with Crippen molar-refractivity contribution >= 4 is 16.0 Å². The Morgan fingerprint density at radius 2 is 2.06 bits per heavy atom. The van der Waals surface area contributed by atoms with Gasteiger partial charge in [0.25, 0.3) is 10.0 Å². The van der Waals surface area contributed by atoms with Gasteiger partial charge in [-0.05, 0) is 19.1 Å². The van der Waals surface area contributed by atoms with Crippen molar-refractivity contribution in [3.63, 3.8) is 0 Å². The highest BCUT2D eigenvalue weighted by atomic mass is 32.2. The summed E-state index contributed by atoms with van der Waals surface area (Å²) in [6.45, 7) is 1.46. The molecule has 0 amide bonds. The second kappa shape index (κ2) is 3.56. The number of nitrogens with zero attached hydrogens (tertiary/aromatic N) is 1. The zero-order valence-electron chi connectivity index (χ0n) is 8.95. The number of β-amino-alcohol motifs (C(OH)–C–C–N with tert-alkyl or cyclic N) is 1. The van der Waals surface area contributed by atoms with Gasteiger partial charge in [-0.1, -0.05) is 0 Å². The fourth-order valence-electron chi connectivity index (χ4n) is 1.58. The minimum absolute atomic E-state index is 0.0293. The number of rotatable bonds is 3. The number of aromatic carboxylic acids is 1. The first-order valence-corrected chi connectivity index (χ1v) is 6.22. The van der Waals surface area contributed by atoms with Gasteiger partial charge in [0.1, 0.15) is 0 Å². The summed E-state index contributed by atoms with van der Waals surface area (Å²) in [4.78, 5) is 10.6. The minimum Gasteiger partial charge on any atom is -0.475 e. The Hall–Kier alpha value is -1.38. The molecule has 1 aromatic heterocycles. The third-order valence-corrected chi connectivity index (χ3v) is 4.09. The summed E-state index contributed by atoms with van der Waals surface area (Å²) in [6, 6.07) is 2.17. The fraction of sp³-hybridized carbons (Fsp3) is 0.444. The van der Waals surface area contributed by atoms with Gasteiger partial charge in [-0.25, -0.2) is 13.2 Å². The van der Waals surface area contributed by atoms with Crippen LogP contribution in [-0.2, 0) is 10.0 Å². The minimum atomic E-state index is -3.84. The molecule has 0 unspecified atom stereocenters. The van der Waals surface area contributed by atoms with Gasteiger partial charge in [-0.15, -0.1) is 0 Å². The molecule has 17 heavy (non-hydrogen) atoms. The molecule has 0 saturated carbocycles. The highest BCUT2D eigenvalue weighted by Gasteiger charge is 2.45. The normalized spacial score (nSPS) is 19.9. The molecule has 0 bridgehead atoms. The second-order valence-corrected chi connectivity index (χ2v) is 6.06. The molecule has 2 rings (SSSR count). The zero-order chi connectivity index (χ0) is 12.8. The Kier molecular flexibility index (Phi) is 2.53. The van der Waals surface area contributed by atoms with Crippen LogP contribution in [0.2, 0.25) is 0 Å². The summed E-state index contributed by atoms with van der Waals surface area (Å²) < 4.78 is 29.5. The average molecular weight is 261 g/mol. The molecule has 1 aliphatic heterocycles. The second-order valence-electron chi connectivity index (χ2n) is 4.19. The van der Waals surface area contributed by atoms with Gasteiger partial charge >= 0.3 is 5.97 Å². The maximum atomic E-state index is 11.9. The van der Waals surface area contributed by atoms with Crippen molar-refractivity contribution in [2.24, 2.45) is 0 Å². The van der Waals surface area contributed by atoms with Crippen molar-refractivity contribution in [1.82, 2.24) is 4.31 Å². The van der Waals surface area contributed by atoms with Crippen molar-refractivity contribution in [2.75, 3.05) is 13.1 Å². The molecule has 2 heterocycles. The molecule has 0 aromatic carbocycles. The van der Waals surface area contributed by atoms with Crippen molar-refractivity contribution in [3.05, 3.63) is 17.9 Å². The Morgan fingerprint density at radius 3 is 2.47 bits per heavy atom. The van der Waals surface area contributed by atoms with E-state index in [4.69, 9.17) is 9.52 Å². The van der Waals surface area contributed by atoms with Crippen LogP contribution in [0.4, 0.5) is 0 Å². The number of sulfonamides is 1. The molecule has 1 fully saturated rings. The van der Waals surface area contributed by atoms with Gasteiger partial charge in [0.15, 0.2) is 0 Å². The molecule has 0 radical (unpaired) electrons. The first-order valence-electron chi connectivity index (χ1n) is 4.78. The molecular formula is C9H11NO6S. The van der Waals surface area contributed by atoms with Crippen LogP contribution in [-0.4, -0.2) is 47.6 Å². The van der Waals surface area contributed by atoms with E-state index in [1.165, 1.54) is 6.92 Å². The highest BCUT2D eigenvalue weighted by molar-refractivity contribution is 7.89. The Morgan fingerprint density at radius 1 is 1.47 bits per heavy atom. The Bertz CT molecular complexity index is 550. The lowest BCUT2D eigenvalue weighted by atomic mass is 10.0. The van der Waals surface area contributed by atoms with Crippen molar-refractivity contribution < 1.29 is 27.8 Å². The van der Waals surface area contributed by atoms with Gasteiger partial charge < -0.3 is 14.6 Å². The van der Waals surface area contributed by atoms with Crippen LogP contribution in [0.3, 0.4) is 0 Å². The van der Waals surface area contributed by atoms with Gasteiger partial charge in [0.2, 0.25) is 10.9 Å². The summed E-state index contributed by atoms with van der Waals surface area (Å²) in [7, 11) is -3.84. The molecule has 0 aliphatic carbocycles. The molecule has 1 aliphatic rings. The van der Waals surface area contributed by atoms with Gasteiger partial charge in [-0.3, -0.25) is 0 Å². The number of aliphatic hydroxyl groups is 1. The summed E-state index contributed by atoms with van der Waals surface area (Å²) in [5.41, 5.74) is -1.03. The van der Waals surface area contributed by atoms with Crippen molar-refractivity contribution in [1.29, 1.82) is 0 Å². The average Bonchev–Trinajstić information content (AvgIpc) is 2.62. The van der Waals surface area contributed by atoms with Crippen LogP contribution in [0.25, 0.3) is 0 Å². The van der Waals surface area contributed by atoms with E-state index >= 15 is 0 Å². The molecule has 2 N–H and O–H groups in total. The first kappa shape index (κ1) is 12.1. The smallest absolute Gasteiger partial charge is 0.371 e. The molecule has 0 spiro atoms. The Labute approximate surface area is 97.3 Å². The number of hydrogen-bond donors (Lipinski definition) is 2. The molecule has 1 saturated heterocycles. The van der Waals surface area contributed by atoms with Crippen LogP contribution in [0.1, 0.15) is 17.5 Å². The van der Waals surface area contributed by atoms with E-state index < -0.39 is 32.4 Å². The largest absolute Gasteiger partial charge is 0.475 e. The molecule has 8 heteroatoms. The lowest BCUT2D eigenvalue weighted by molar-refractivity contribution is -0.0431. The maximum Gasteiger partial charge on any atom is 0.371 e. The number of furan rings is 1. The predicted octanol–water partition coefficient (Wildman–Crippen LogP) is -0.267. The third kappa shape index (κ3) is 2.06. The van der Waals surface area contributed by atoms with E-state index in [-0.39, 0.29) is 13.1 Å². The summed E-state index contributed by atoms with van der Waals surface area (Å²) in [5.74, 6) is -1.77. The predicted molar refractivity (Wildman–Crippen MR) is 55.0 cm³/mol. The molecule has 0 atom stereocenters. The summed E-state index contributed by atoms with van der Waals surface area (Å²) >= 11 is 0. The zero-order valence-corrected chi connectivity index (χ0v) is 9.77. The monoisotopic (exact) mass is 261 g/mol. The lowest BCUT2D eigenvalue weighted by Gasteiger charge is -2.42. The topological polar surface area (TPSA) is 108 Å². The van der Waals surface area contributed by atoms with Gasteiger partial charge in [0.05, 0.1) is 5.60 Å². The van der Waals surface area contributed by atoms with Gasteiger partial charge in [-0.2, -0.15) is 4.31 Å². The third-order valence-electron chi connectivity index (χ3n) is 2.42. The fourth-order valence-corrected chi connectivity index (χ4v) is 3.17. The van der Waals surface area contributed by atoms with Crippen LogP contribution < -0.4 is 0 Å². The highest BCUT2D eigenvalue weighted by Crippen LogP contribution is 2.28. The van der Waals surface area contributed by atoms with E-state index in [1.54, 1.807) is 0 Å². The van der Waals surface area contributed by atoms with Gasteiger partial charge in [0, 0.05) is 13.1 Å². The van der Waals surface area contributed by atoms with Crippen LogP contribution >= 0.6 is 0 Å². The first-order chi connectivity index (χ1) is 7.72. The molecule has 1 aromatic rings. The Balaban J connectivity index is 2.24. The summed E-state index contributed by atoms with van der Waals surface area (Å²) in [6.07, 6.45) is 0. The number of carboxylic acid groups (broad SMARTS) is 1.